The van der Waals surface area contributed by atoms with E-state index in [-0.39, 0.29) is 11.2 Å². The van der Waals surface area contributed by atoms with Crippen LogP contribution in [0.5, 0.6) is 0 Å². The number of hydrogen-bond acceptors (Lipinski definition) is 5. The highest BCUT2D eigenvalue weighted by atomic mass is 35.5. The van der Waals surface area contributed by atoms with Crippen LogP contribution in [-0.4, -0.2) is 29.1 Å². The van der Waals surface area contributed by atoms with Crippen molar-refractivity contribution in [1.82, 2.24) is 29.1 Å². The van der Waals surface area contributed by atoms with E-state index in [1.54, 1.807) is 53.3 Å². The van der Waals surface area contributed by atoms with Crippen LogP contribution < -0.4 is 5.56 Å². The van der Waals surface area contributed by atoms with Gasteiger partial charge >= 0.3 is 0 Å². The van der Waals surface area contributed by atoms with Crippen LogP contribution in [0, 0.1) is 5.82 Å². The van der Waals surface area contributed by atoms with E-state index in [4.69, 9.17) is 11.6 Å². The van der Waals surface area contributed by atoms with Gasteiger partial charge in [0.1, 0.15) is 0 Å². The SMILES string of the molecule is C[C@@H](c1nnc2c(F)cc(-c3ccc(Cl)cn3)cn12)n1ccc2ncccc2c1=O. The number of aromatic nitrogens is 6. The Morgan fingerprint density at radius 1 is 1.13 bits per heavy atom. The van der Waals surface area contributed by atoms with Crippen molar-refractivity contribution in [3.05, 3.63) is 88.2 Å². The quantitative estimate of drug-likeness (QED) is 0.442. The first kappa shape index (κ1) is 18.4. The van der Waals surface area contributed by atoms with Crippen LogP contribution in [0.4, 0.5) is 4.39 Å². The number of pyridine rings is 4. The van der Waals surface area contributed by atoms with Gasteiger partial charge in [-0.05, 0) is 43.3 Å². The number of halogens is 2. The Labute approximate surface area is 174 Å². The molecule has 0 N–H and O–H groups in total. The maximum absolute atomic E-state index is 14.7. The molecule has 5 rings (SSSR count). The van der Waals surface area contributed by atoms with E-state index in [1.807, 2.05) is 6.92 Å². The molecule has 0 spiro atoms. The lowest BCUT2D eigenvalue weighted by Gasteiger charge is -2.14. The zero-order valence-corrected chi connectivity index (χ0v) is 16.5. The smallest absolute Gasteiger partial charge is 0.260 e. The normalized spacial score (nSPS) is 12.5. The minimum atomic E-state index is -0.537. The average Bonchev–Trinajstić information content (AvgIpc) is 3.19. The van der Waals surface area contributed by atoms with Crippen molar-refractivity contribution < 1.29 is 4.39 Å². The zero-order valence-electron chi connectivity index (χ0n) is 15.7. The van der Waals surface area contributed by atoms with Crippen molar-refractivity contribution in [2.24, 2.45) is 0 Å². The van der Waals surface area contributed by atoms with Gasteiger partial charge in [0.25, 0.3) is 5.56 Å². The van der Waals surface area contributed by atoms with Gasteiger partial charge in [0, 0.05) is 30.4 Å². The monoisotopic (exact) mass is 420 g/mol. The lowest BCUT2D eigenvalue weighted by atomic mass is 10.2. The lowest BCUT2D eigenvalue weighted by Crippen LogP contribution is -2.25. The maximum Gasteiger partial charge on any atom is 0.260 e. The summed E-state index contributed by atoms with van der Waals surface area (Å²) >= 11 is 5.90. The van der Waals surface area contributed by atoms with Crippen molar-refractivity contribution in [2.75, 3.05) is 0 Å². The van der Waals surface area contributed by atoms with Crippen molar-refractivity contribution >= 4 is 28.2 Å². The Bertz CT molecular complexity index is 1460. The maximum atomic E-state index is 14.7. The molecule has 1 atom stereocenters. The van der Waals surface area contributed by atoms with Crippen LogP contribution >= 0.6 is 11.6 Å². The molecule has 0 radical (unpaired) electrons. The van der Waals surface area contributed by atoms with Crippen molar-refractivity contribution in [2.45, 2.75) is 13.0 Å². The third-order valence-corrected chi connectivity index (χ3v) is 5.22. The molecule has 0 aliphatic carbocycles. The number of hydrogen-bond donors (Lipinski definition) is 0. The summed E-state index contributed by atoms with van der Waals surface area (Å²) in [5.41, 5.74) is 1.58. The Kier molecular flexibility index (Phi) is 4.29. The Morgan fingerprint density at radius 3 is 2.80 bits per heavy atom. The molecule has 5 aromatic heterocycles. The van der Waals surface area contributed by atoms with Crippen LogP contribution in [0.3, 0.4) is 0 Å². The fourth-order valence-electron chi connectivity index (χ4n) is 3.46. The molecular formula is C21H14ClFN6O. The molecule has 0 aliphatic heterocycles. The number of rotatable bonds is 3. The van der Waals surface area contributed by atoms with Crippen LogP contribution in [0.15, 0.2) is 66.0 Å². The highest BCUT2D eigenvalue weighted by molar-refractivity contribution is 6.30. The van der Waals surface area contributed by atoms with E-state index in [1.165, 1.54) is 16.8 Å². The topological polar surface area (TPSA) is 78.0 Å². The Morgan fingerprint density at radius 2 is 2.00 bits per heavy atom. The number of fused-ring (bicyclic) bond motifs is 2. The molecule has 0 amide bonds. The second-order valence-corrected chi connectivity index (χ2v) is 7.27. The molecule has 0 fully saturated rings. The molecule has 5 heterocycles. The van der Waals surface area contributed by atoms with Gasteiger partial charge in [-0.1, -0.05) is 11.6 Å². The first-order valence-electron chi connectivity index (χ1n) is 9.15. The summed E-state index contributed by atoms with van der Waals surface area (Å²) in [6.45, 7) is 1.81. The Balaban J connectivity index is 1.67. The van der Waals surface area contributed by atoms with E-state index < -0.39 is 11.9 Å². The first-order valence-corrected chi connectivity index (χ1v) is 9.53. The van der Waals surface area contributed by atoms with Gasteiger partial charge < -0.3 is 4.57 Å². The molecule has 0 bridgehead atoms. The van der Waals surface area contributed by atoms with Gasteiger partial charge in [0.2, 0.25) is 0 Å². The molecule has 0 saturated carbocycles. The molecule has 5 aromatic rings. The molecule has 0 aliphatic rings. The molecular weight excluding hydrogens is 407 g/mol. The second kappa shape index (κ2) is 7.00. The lowest BCUT2D eigenvalue weighted by molar-refractivity contribution is 0.575. The summed E-state index contributed by atoms with van der Waals surface area (Å²) < 4.78 is 17.8. The summed E-state index contributed by atoms with van der Waals surface area (Å²) in [4.78, 5) is 21.4. The fourth-order valence-corrected chi connectivity index (χ4v) is 3.57. The standard InChI is InChI=1S/C21H14ClFN6O/c1-12(28-8-6-18-15(21(28)30)3-2-7-24-18)19-26-27-20-16(23)9-13(11-29(19)20)17-5-4-14(22)10-25-17/h2-12H,1H3/t12-/m0/s1. The highest BCUT2D eigenvalue weighted by Crippen LogP contribution is 2.24. The summed E-state index contributed by atoms with van der Waals surface area (Å²) in [6, 6.07) is 9.45. The third kappa shape index (κ3) is 2.93. The molecule has 148 valence electrons. The van der Waals surface area contributed by atoms with Gasteiger partial charge in [-0.15, -0.1) is 10.2 Å². The van der Waals surface area contributed by atoms with E-state index in [2.05, 4.69) is 20.2 Å². The first-order chi connectivity index (χ1) is 14.5. The number of nitrogens with zero attached hydrogens (tertiary/aromatic N) is 6. The molecule has 0 saturated heterocycles. The van der Waals surface area contributed by atoms with Crippen molar-refractivity contribution in [1.29, 1.82) is 0 Å². The fraction of sp³-hybridized carbons (Fsp3) is 0.0952. The van der Waals surface area contributed by atoms with Gasteiger partial charge in [0.05, 0.1) is 27.7 Å². The average molecular weight is 421 g/mol. The van der Waals surface area contributed by atoms with Gasteiger partial charge in [-0.3, -0.25) is 19.2 Å². The third-order valence-electron chi connectivity index (χ3n) is 5.00. The summed E-state index contributed by atoms with van der Waals surface area (Å²) in [5.74, 6) is -0.115. The minimum absolute atomic E-state index is 0.0741. The predicted octanol–water partition coefficient (Wildman–Crippen LogP) is 3.90. The van der Waals surface area contributed by atoms with Crippen LogP contribution in [0.2, 0.25) is 5.02 Å². The largest absolute Gasteiger partial charge is 0.304 e. The molecule has 0 unspecified atom stereocenters. The van der Waals surface area contributed by atoms with E-state index >= 15 is 0 Å². The Hall–Kier alpha value is -3.65. The zero-order chi connectivity index (χ0) is 20.8. The summed E-state index contributed by atoms with van der Waals surface area (Å²) in [7, 11) is 0. The van der Waals surface area contributed by atoms with Crippen LogP contribution in [0.25, 0.3) is 27.8 Å². The van der Waals surface area contributed by atoms with Crippen LogP contribution in [-0.2, 0) is 0 Å². The molecule has 30 heavy (non-hydrogen) atoms. The van der Waals surface area contributed by atoms with Gasteiger partial charge in [0.15, 0.2) is 17.3 Å². The van der Waals surface area contributed by atoms with Crippen LogP contribution in [0.1, 0.15) is 18.8 Å². The van der Waals surface area contributed by atoms with Crippen molar-refractivity contribution in [3.8, 4) is 11.3 Å². The predicted molar refractivity (Wildman–Crippen MR) is 111 cm³/mol. The molecule has 7 nitrogen and oxygen atoms in total. The van der Waals surface area contributed by atoms with Gasteiger partial charge in [-0.25, -0.2) is 4.39 Å². The second-order valence-electron chi connectivity index (χ2n) is 6.83. The minimum Gasteiger partial charge on any atom is -0.304 e. The summed E-state index contributed by atoms with van der Waals surface area (Å²) in [6.07, 6.45) is 6.49. The summed E-state index contributed by atoms with van der Waals surface area (Å²) in [5, 5.41) is 9.12. The van der Waals surface area contributed by atoms with Gasteiger partial charge in [-0.2, -0.15) is 0 Å². The molecule has 9 heteroatoms. The van der Waals surface area contributed by atoms with E-state index in [0.29, 0.717) is 33.0 Å². The highest BCUT2D eigenvalue weighted by Gasteiger charge is 2.20. The van der Waals surface area contributed by atoms with Crippen molar-refractivity contribution in [3.63, 3.8) is 0 Å². The van der Waals surface area contributed by atoms with E-state index in [0.717, 1.165) is 0 Å². The molecule has 0 aromatic carbocycles. The van der Waals surface area contributed by atoms with E-state index in [9.17, 15) is 9.18 Å².